The molecule has 0 saturated heterocycles. The summed E-state index contributed by atoms with van der Waals surface area (Å²) in [6.07, 6.45) is 8.13. The lowest BCUT2D eigenvalue weighted by molar-refractivity contribution is -0.138. The van der Waals surface area contributed by atoms with Crippen molar-refractivity contribution in [3.8, 4) is 0 Å². The number of carboxylic acids is 1. The van der Waals surface area contributed by atoms with E-state index >= 15 is 0 Å². The van der Waals surface area contributed by atoms with E-state index in [4.69, 9.17) is 4.74 Å². The third-order valence-electron chi connectivity index (χ3n) is 4.66. The highest BCUT2D eigenvalue weighted by molar-refractivity contribution is 5.76. The molecule has 150 valence electrons. The molecule has 0 unspecified atom stereocenters. The second-order valence-corrected chi connectivity index (χ2v) is 6.83. The van der Waals surface area contributed by atoms with Crippen LogP contribution in [0.2, 0.25) is 0 Å². The van der Waals surface area contributed by atoms with Crippen molar-refractivity contribution in [2.75, 3.05) is 30.4 Å². The zero-order valence-electron chi connectivity index (χ0n) is 15.9. The molecule has 3 N–H and O–H groups in total. The molecular weight excluding hydrogens is 358 g/mol. The van der Waals surface area contributed by atoms with Crippen molar-refractivity contribution in [1.82, 2.24) is 15.0 Å². The first-order valence-corrected chi connectivity index (χ1v) is 9.78. The molecule has 1 aliphatic heterocycles. The van der Waals surface area contributed by atoms with Crippen molar-refractivity contribution in [2.24, 2.45) is 0 Å². The molecule has 0 bridgehead atoms. The first kappa shape index (κ1) is 20.0. The molecule has 0 saturated carbocycles. The molecule has 2 aromatic heterocycles. The van der Waals surface area contributed by atoms with Crippen molar-refractivity contribution >= 4 is 17.6 Å². The molecule has 0 aliphatic carbocycles. The van der Waals surface area contributed by atoms with E-state index < -0.39 is 12.0 Å². The number of fused-ring (bicyclic) bond motifs is 1. The lowest BCUT2D eigenvalue weighted by Crippen LogP contribution is -2.30. The summed E-state index contributed by atoms with van der Waals surface area (Å²) in [7, 11) is 0. The van der Waals surface area contributed by atoms with Gasteiger partial charge in [-0.25, -0.2) is 19.7 Å². The number of carboxylic acid groups (broad SMARTS) is 1. The molecule has 0 spiro atoms. The van der Waals surface area contributed by atoms with E-state index in [2.05, 4.69) is 37.7 Å². The molecule has 1 atom stereocenters. The molecule has 8 nitrogen and oxygen atoms in total. The van der Waals surface area contributed by atoms with E-state index in [0.29, 0.717) is 31.9 Å². The molecule has 3 heterocycles. The van der Waals surface area contributed by atoms with E-state index in [0.717, 1.165) is 37.3 Å². The second-order valence-electron chi connectivity index (χ2n) is 6.83. The third-order valence-corrected chi connectivity index (χ3v) is 4.66. The van der Waals surface area contributed by atoms with E-state index in [-0.39, 0.29) is 0 Å². The third kappa shape index (κ3) is 6.16. The lowest BCUT2D eigenvalue weighted by Gasteiger charge is -2.17. The van der Waals surface area contributed by atoms with Gasteiger partial charge in [-0.2, -0.15) is 0 Å². The van der Waals surface area contributed by atoms with Crippen LogP contribution in [0.5, 0.6) is 0 Å². The summed E-state index contributed by atoms with van der Waals surface area (Å²) in [4.78, 5) is 23.9. The van der Waals surface area contributed by atoms with Crippen molar-refractivity contribution in [2.45, 2.75) is 44.6 Å². The number of ether oxygens (including phenoxy) is 1. The van der Waals surface area contributed by atoms with Crippen LogP contribution in [0.4, 0.5) is 11.6 Å². The fourth-order valence-corrected chi connectivity index (χ4v) is 3.17. The summed E-state index contributed by atoms with van der Waals surface area (Å²) in [6.45, 7) is 2.17. The summed E-state index contributed by atoms with van der Waals surface area (Å²) in [5.74, 6) is 0.640. The Morgan fingerprint density at radius 2 is 2.18 bits per heavy atom. The minimum Gasteiger partial charge on any atom is -0.480 e. The fourth-order valence-electron chi connectivity index (χ4n) is 3.17. The van der Waals surface area contributed by atoms with Crippen LogP contribution in [0.1, 0.15) is 36.9 Å². The van der Waals surface area contributed by atoms with Gasteiger partial charge in [0.2, 0.25) is 0 Å². The fraction of sp³-hybridized carbons (Fsp3) is 0.500. The number of nitrogens with one attached hydrogen (secondary N) is 2. The maximum absolute atomic E-state index is 11.4. The van der Waals surface area contributed by atoms with Crippen LogP contribution in [0.15, 0.2) is 30.7 Å². The van der Waals surface area contributed by atoms with E-state index in [9.17, 15) is 9.90 Å². The Hall–Kier alpha value is -2.74. The number of nitrogens with zero attached hydrogens (tertiary/aromatic N) is 3. The van der Waals surface area contributed by atoms with E-state index in [1.807, 2.05) is 0 Å². The molecule has 28 heavy (non-hydrogen) atoms. The predicted molar refractivity (Wildman–Crippen MR) is 107 cm³/mol. The van der Waals surface area contributed by atoms with Gasteiger partial charge in [0.05, 0.1) is 0 Å². The van der Waals surface area contributed by atoms with Crippen LogP contribution in [0, 0.1) is 0 Å². The molecule has 3 rings (SSSR count). The predicted octanol–water partition coefficient (Wildman–Crippen LogP) is 2.52. The van der Waals surface area contributed by atoms with Gasteiger partial charge in [0.1, 0.15) is 24.0 Å². The quantitative estimate of drug-likeness (QED) is 0.506. The van der Waals surface area contributed by atoms with Crippen molar-refractivity contribution in [1.29, 1.82) is 0 Å². The van der Waals surface area contributed by atoms with Crippen molar-refractivity contribution < 1.29 is 14.6 Å². The number of hydrogen-bond donors (Lipinski definition) is 3. The zero-order chi connectivity index (χ0) is 19.6. The number of rotatable bonds is 11. The van der Waals surface area contributed by atoms with Gasteiger partial charge in [0, 0.05) is 31.6 Å². The Kier molecular flexibility index (Phi) is 7.54. The van der Waals surface area contributed by atoms with E-state index in [1.54, 1.807) is 12.3 Å². The van der Waals surface area contributed by atoms with Crippen molar-refractivity contribution in [3.05, 3.63) is 42.0 Å². The highest BCUT2D eigenvalue weighted by Gasteiger charge is 2.17. The van der Waals surface area contributed by atoms with Crippen LogP contribution in [0.3, 0.4) is 0 Å². The van der Waals surface area contributed by atoms with Gasteiger partial charge in [0.15, 0.2) is 0 Å². The number of aromatic nitrogens is 3. The van der Waals surface area contributed by atoms with Gasteiger partial charge in [-0.3, -0.25) is 0 Å². The SMILES string of the molecule is O=C(O)[C@H](CCCOCCCc1ccc2c(n1)NCCC2)Nc1ccncn1. The van der Waals surface area contributed by atoms with Crippen molar-refractivity contribution in [3.63, 3.8) is 0 Å². The van der Waals surface area contributed by atoms with Crippen LogP contribution < -0.4 is 10.6 Å². The highest BCUT2D eigenvalue weighted by Crippen LogP contribution is 2.20. The molecule has 0 amide bonds. The Morgan fingerprint density at radius 1 is 1.29 bits per heavy atom. The normalized spacial score (nSPS) is 14.0. The van der Waals surface area contributed by atoms with Gasteiger partial charge in [-0.05, 0) is 56.2 Å². The number of hydrogen-bond acceptors (Lipinski definition) is 7. The molecule has 2 aromatic rings. The van der Waals surface area contributed by atoms with Crippen LogP contribution in [-0.2, 0) is 22.4 Å². The molecule has 0 aromatic carbocycles. The summed E-state index contributed by atoms with van der Waals surface area (Å²) in [6, 6.07) is 5.23. The largest absolute Gasteiger partial charge is 0.480 e. The smallest absolute Gasteiger partial charge is 0.326 e. The topological polar surface area (TPSA) is 109 Å². The van der Waals surface area contributed by atoms with Gasteiger partial charge in [-0.1, -0.05) is 6.07 Å². The van der Waals surface area contributed by atoms with Gasteiger partial charge < -0.3 is 20.5 Å². The first-order valence-electron chi connectivity index (χ1n) is 9.78. The maximum Gasteiger partial charge on any atom is 0.326 e. The summed E-state index contributed by atoms with van der Waals surface area (Å²) >= 11 is 0. The number of aryl methyl sites for hydroxylation is 2. The Bertz CT molecular complexity index is 757. The van der Waals surface area contributed by atoms with Crippen LogP contribution in [0.25, 0.3) is 0 Å². The number of aliphatic carboxylic acids is 1. The average Bonchev–Trinajstić information content (AvgIpc) is 2.72. The number of pyridine rings is 1. The lowest BCUT2D eigenvalue weighted by atomic mass is 10.1. The minimum absolute atomic E-state index is 0.470. The average molecular weight is 385 g/mol. The Balaban J connectivity index is 1.30. The van der Waals surface area contributed by atoms with Gasteiger partial charge in [0.25, 0.3) is 0 Å². The van der Waals surface area contributed by atoms with Crippen LogP contribution >= 0.6 is 0 Å². The Morgan fingerprint density at radius 3 is 3.00 bits per heavy atom. The molecular formula is C20H27N5O3. The summed E-state index contributed by atoms with van der Waals surface area (Å²) in [5.41, 5.74) is 2.38. The van der Waals surface area contributed by atoms with Crippen LogP contribution in [-0.4, -0.2) is 51.8 Å². The van der Waals surface area contributed by atoms with E-state index in [1.165, 1.54) is 18.3 Å². The highest BCUT2D eigenvalue weighted by atomic mass is 16.5. The number of anilines is 2. The number of carbonyl (C=O) groups is 1. The molecule has 0 fully saturated rings. The molecule has 0 radical (unpaired) electrons. The van der Waals surface area contributed by atoms with Gasteiger partial charge >= 0.3 is 5.97 Å². The van der Waals surface area contributed by atoms with Gasteiger partial charge in [-0.15, -0.1) is 0 Å². The zero-order valence-corrected chi connectivity index (χ0v) is 15.9. The monoisotopic (exact) mass is 385 g/mol. The maximum atomic E-state index is 11.4. The Labute approximate surface area is 164 Å². The first-order chi connectivity index (χ1) is 13.7. The molecule has 1 aliphatic rings. The minimum atomic E-state index is -0.897. The second kappa shape index (κ2) is 10.6. The summed E-state index contributed by atoms with van der Waals surface area (Å²) < 4.78 is 5.66. The molecule has 8 heteroatoms. The standard InChI is InChI=1S/C20H27N5O3/c26-20(27)17(25-18-9-11-21-14-23-18)6-3-13-28-12-2-5-16-8-7-15-4-1-10-22-19(15)24-16/h7-9,11,14,17H,1-6,10,12-13H2,(H,22,24)(H,26,27)(H,21,23,25)/t17-/m0/s1. The summed E-state index contributed by atoms with van der Waals surface area (Å²) in [5, 5.41) is 15.6.